The van der Waals surface area contributed by atoms with Gasteiger partial charge in [0.1, 0.15) is 0 Å². The van der Waals surface area contributed by atoms with Crippen molar-refractivity contribution >= 4 is 30.3 Å². The van der Waals surface area contributed by atoms with Crippen LogP contribution in [0.5, 0.6) is 0 Å². The van der Waals surface area contributed by atoms with Crippen molar-refractivity contribution in [3.63, 3.8) is 0 Å². The van der Waals surface area contributed by atoms with Crippen molar-refractivity contribution in [2.75, 3.05) is 0 Å². The molecule has 6 rings (SSSR count). The average Bonchev–Trinajstić information content (AvgIpc) is 3.54. The molecule has 0 atom stereocenters. The molecule has 170 valence electrons. The summed E-state index contributed by atoms with van der Waals surface area (Å²) in [5.41, 5.74) is 7.04. The first kappa shape index (κ1) is 23.7. The van der Waals surface area contributed by atoms with Crippen LogP contribution in [0.1, 0.15) is 42.9 Å². The van der Waals surface area contributed by atoms with Crippen molar-refractivity contribution in [1.82, 2.24) is 0 Å². The van der Waals surface area contributed by atoms with E-state index >= 15 is 0 Å². The zero-order valence-electron chi connectivity index (χ0n) is 20.2. The Bertz CT molecular complexity index is 1470. The topological polar surface area (TPSA) is 0 Å². The molecule has 0 heterocycles. The van der Waals surface area contributed by atoms with Crippen LogP contribution in [0.2, 0.25) is 0 Å². The number of benzene rings is 4. The van der Waals surface area contributed by atoms with Crippen LogP contribution in [-0.4, -0.2) is 3.21 Å². The number of fused-ring (bicyclic) bond motifs is 3. The van der Waals surface area contributed by atoms with E-state index in [1.54, 1.807) is 0 Å². The third kappa shape index (κ3) is 5.31. The van der Waals surface area contributed by atoms with E-state index in [0.29, 0.717) is 0 Å². The Hall–Kier alpha value is -3.02. The summed E-state index contributed by atoms with van der Waals surface area (Å²) in [5.74, 6) is 0. The molecule has 5 aromatic rings. The maximum absolute atomic E-state index is 2.40. The van der Waals surface area contributed by atoms with Crippen LogP contribution in [0, 0.1) is 0 Å². The van der Waals surface area contributed by atoms with Gasteiger partial charge in [-0.1, -0.05) is 78.6 Å². The molecule has 0 aromatic heterocycles. The van der Waals surface area contributed by atoms with Crippen LogP contribution in [0.15, 0.2) is 127 Å². The van der Waals surface area contributed by atoms with Crippen molar-refractivity contribution in [3.8, 4) is 0 Å². The monoisotopic (exact) mass is 527 g/mol. The molecule has 0 bridgehead atoms. The molecule has 1 aliphatic rings. The van der Waals surface area contributed by atoms with Crippen LogP contribution in [0.4, 0.5) is 0 Å². The zero-order valence-corrected chi connectivity index (χ0v) is 22.6. The Labute approximate surface area is 223 Å². The third-order valence-corrected chi connectivity index (χ3v) is 8.03. The zero-order chi connectivity index (χ0) is 24.0. The Kier molecular flexibility index (Phi) is 7.55. The summed E-state index contributed by atoms with van der Waals surface area (Å²) in [6.07, 6.45) is 8.29. The fraction of sp³-hybridized carbons (Fsp3) is 0.118. The molecule has 0 amide bonds. The van der Waals surface area contributed by atoms with Gasteiger partial charge in [0.15, 0.2) is 0 Å². The third-order valence-electron chi connectivity index (χ3n) is 6.61. The summed E-state index contributed by atoms with van der Waals surface area (Å²) in [7, 11) is 0. The number of rotatable bonds is 5. The predicted molar refractivity (Wildman–Crippen MR) is 149 cm³/mol. The molecule has 5 aromatic carbocycles. The molecule has 1 heteroatoms. The first-order chi connectivity index (χ1) is 17.2. The van der Waals surface area contributed by atoms with Crippen LogP contribution < -0.4 is 0 Å². The Balaban J connectivity index is 0.000000158. The van der Waals surface area contributed by atoms with Gasteiger partial charge in [-0.2, -0.15) is 0 Å². The Morgan fingerprint density at radius 2 is 1.37 bits per heavy atom. The molecule has 0 aliphatic heterocycles. The normalized spacial score (nSPS) is 12.7. The molecular weight excluding hydrogens is 500 g/mol. The number of hydrogen-bond acceptors (Lipinski definition) is 0. The molecule has 35 heavy (non-hydrogen) atoms. The van der Waals surface area contributed by atoms with Gasteiger partial charge in [0.05, 0.1) is 0 Å². The maximum atomic E-state index is 2.40. The summed E-state index contributed by atoms with van der Waals surface area (Å²) in [5, 5.41) is 5.50. The first-order valence-corrected chi connectivity index (χ1v) is 13.6. The molecule has 0 saturated carbocycles. The van der Waals surface area contributed by atoms with Gasteiger partial charge < -0.3 is 0 Å². The Morgan fingerprint density at radius 3 is 2.06 bits per heavy atom. The van der Waals surface area contributed by atoms with Gasteiger partial charge >= 0.3 is 99.2 Å². The number of allylic oxidation sites excluding steroid dienone is 4. The second kappa shape index (κ2) is 11.1. The van der Waals surface area contributed by atoms with Crippen molar-refractivity contribution < 1.29 is 24.2 Å². The molecule has 0 nitrogen and oxygen atoms in total. The van der Waals surface area contributed by atoms with Crippen LogP contribution in [-0.2, 0) is 24.2 Å². The van der Waals surface area contributed by atoms with Gasteiger partial charge in [0, 0.05) is 0 Å². The minimum atomic E-state index is 1.08. The number of hydrogen-bond donors (Lipinski definition) is 0. The van der Waals surface area contributed by atoms with Gasteiger partial charge in [-0.15, -0.1) is 33.7 Å². The molecule has 0 unspecified atom stereocenters. The SMILES string of the molecule is CCCC1=CCC(c2cccc3c2[cH-]c2ccccc23)=C1.[Zr]=[C](c1ccccc1)c1ccccc1. The minimum absolute atomic E-state index is 1.08. The van der Waals surface area contributed by atoms with E-state index in [2.05, 4.69) is 128 Å². The van der Waals surface area contributed by atoms with Gasteiger partial charge in [0.2, 0.25) is 0 Å². The second-order valence-electron chi connectivity index (χ2n) is 9.01. The van der Waals surface area contributed by atoms with E-state index in [-0.39, 0.29) is 0 Å². The van der Waals surface area contributed by atoms with Crippen LogP contribution in [0.3, 0.4) is 0 Å². The van der Waals surface area contributed by atoms with Gasteiger partial charge in [-0.3, -0.25) is 0 Å². The molecular formula is C34H29Zr-. The second-order valence-corrected chi connectivity index (χ2v) is 10.2. The van der Waals surface area contributed by atoms with Crippen molar-refractivity contribution in [2.24, 2.45) is 0 Å². The van der Waals surface area contributed by atoms with E-state index in [9.17, 15) is 0 Å². The molecule has 1 aliphatic carbocycles. The predicted octanol–water partition coefficient (Wildman–Crippen LogP) is 9.03. The summed E-state index contributed by atoms with van der Waals surface area (Å²) >= 11 is 1.46. The summed E-state index contributed by atoms with van der Waals surface area (Å²) in [4.78, 5) is 0. The van der Waals surface area contributed by atoms with E-state index in [4.69, 9.17) is 0 Å². The van der Waals surface area contributed by atoms with Crippen molar-refractivity contribution in [2.45, 2.75) is 26.2 Å². The Morgan fingerprint density at radius 1 is 0.743 bits per heavy atom. The summed E-state index contributed by atoms with van der Waals surface area (Å²) in [6.45, 7) is 2.25. The fourth-order valence-electron chi connectivity index (χ4n) is 4.87. The van der Waals surface area contributed by atoms with Crippen LogP contribution in [0.25, 0.3) is 27.1 Å². The average molecular weight is 529 g/mol. The standard InChI is InChI=1S/C21H19.C13H10.Zr/c1-2-6-15-11-12-17(13-15)19-9-5-10-20-18-8-4-3-7-16(18)14-21(19)20;1-3-7-12(8-4-1)11-13-9-5-2-6-10-13;/h3-5,7-11,13-14H,2,6,12H2,1H3;1-10H;/q-1;;. The molecule has 0 saturated heterocycles. The van der Waals surface area contributed by atoms with E-state index in [1.165, 1.54) is 89.7 Å². The summed E-state index contributed by atoms with van der Waals surface area (Å²) < 4.78 is 1.42. The molecule has 0 radical (unpaired) electrons. The van der Waals surface area contributed by atoms with Gasteiger partial charge in [-0.25, -0.2) is 0 Å². The quantitative estimate of drug-likeness (QED) is 0.200. The fourth-order valence-corrected chi connectivity index (χ4v) is 5.69. The molecule has 0 N–H and O–H groups in total. The van der Waals surface area contributed by atoms with Crippen LogP contribution >= 0.6 is 0 Å². The van der Waals surface area contributed by atoms with E-state index < -0.39 is 0 Å². The summed E-state index contributed by atoms with van der Waals surface area (Å²) in [6, 6.07) is 38.9. The molecule has 0 fully saturated rings. The van der Waals surface area contributed by atoms with Crippen molar-refractivity contribution in [3.05, 3.63) is 144 Å². The van der Waals surface area contributed by atoms with E-state index in [1.807, 2.05) is 0 Å². The van der Waals surface area contributed by atoms with Crippen molar-refractivity contribution in [1.29, 1.82) is 0 Å². The van der Waals surface area contributed by atoms with Gasteiger partial charge in [-0.05, 0) is 12.8 Å². The molecule has 0 spiro atoms. The first-order valence-electron chi connectivity index (χ1n) is 12.4. The van der Waals surface area contributed by atoms with Gasteiger partial charge in [0.25, 0.3) is 0 Å². The van der Waals surface area contributed by atoms with E-state index in [0.717, 1.165) is 6.42 Å².